The number of hydrogen-bond acceptors (Lipinski definition) is 3. The third kappa shape index (κ3) is 3.60. The molecule has 0 aliphatic heterocycles. The molecule has 0 unspecified atom stereocenters. The van der Waals surface area contributed by atoms with Crippen molar-refractivity contribution in [3.8, 4) is 27.9 Å². The summed E-state index contributed by atoms with van der Waals surface area (Å²) >= 11 is 0. The summed E-state index contributed by atoms with van der Waals surface area (Å²) in [5, 5.41) is 6.01. The molecule has 9 rings (SSSR count). The number of fused-ring (bicyclic) bond motifs is 6. The van der Waals surface area contributed by atoms with E-state index in [1.807, 2.05) is 36.5 Å². The standard InChI is InChI=1S/C39H24N4/c1-2-11-25(12-3-1)36-28-14-4-6-16-30(28)37(31-17-7-5-15-29(31)36)26-20-21-35-32(23-26)38-39(43(35)27-13-10-22-40-24-27)42-34-19-9-8-18-33(34)41-38/h1-24H. The average Bonchev–Trinajstić information content (AvgIpc) is 3.39. The quantitative estimate of drug-likeness (QED) is 0.206. The molecule has 6 aromatic carbocycles. The summed E-state index contributed by atoms with van der Waals surface area (Å²) in [6, 6.07) is 47.1. The van der Waals surface area contributed by atoms with Gasteiger partial charge in [-0.05, 0) is 80.2 Å². The smallest absolute Gasteiger partial charge is 0.165 e. The Morgan fingerprint density at radius 2 is 1.07 bits per heavy atom. The molecule has 4 nitrogen and oxygen atoms in total. The van der Waals surface area contributed by atoms with Crippen LogP contribution in [-0.4, -0.2) is 19.5 Å². The number of para-hydroxylation sites is 2. The van der Waals surface area contributed by atoms with Gasteiger partial charge in [-0.2, -0.15) is 0 Å². The van der Waals surface area contributed by atoms with E-state index in [-0.39, 0.29) is 0 Å². The lowest BCUT2D eigenvalue weighted by Gasteiger charge is -2.17. The van der Waals surface area contributed by atoms with Gasteiger partial charge in [0.15, 0.2) is 5.65 Å². The van der Waals surface area contributed by atoms with Crippen molar-refractivity contribution >= 4 is 54.6 Å². The minimum absolute atomic E-state index is 0.827. The van der Waals surface area contributed by atoms with Crippen molar-refractivity contribution in [2.45, 2.75) is 0 Å². The fourth-order valence-corrected chi connectivity index (χ4v) is 6.62. The van der Waals surface area contributed by atoms with Crippen LogP contribution in [0.25, 0.3) is 82.6 Å². The Morgan fingerprint density at radius 1 is 0.465 bits per heavy atom. The minimum Gasteiger partial charge on any atom is -0.291 e. The third-order valence-electron chi connectivity index (χ3n) is 8.44. The van der Waals surface area contributed by atoms with E-state index in [4.69, 9.17) is 9.97 Å². The molecule has 0 radical (unpaired) electrons. The molecule has 200 valence electrons. The van der Waals surface area contributed by atoms with Crippen molar-refractivity contribution in [3.63, 3.8) is 0 Å². The lowest BCUT2D eigenvalue weighted by molar-refractivity contribution is 1.11. The zero-order chi connectivity index (χ0) is 28.3. The van der Waals surface area contributed by atoms with Gasteiger partial charge in [-0.3, -0.25) is 9.55 Å². The maximum Gasteiger partial charge on any atom is 0.165 e. The predicted molar refractivity (Wildman–Crippen MR) is 178 cm³/mol. The highest BCUT2D eigenvalue weighted by Crippen LogP contribution is 2.44. The van der Waals surface area contributed by atoms with E-state index in [0.717, 1.165) is 44.4 Å². The molecule has 0 amide bonds. The average molecular weight is 549 g/mol. The fourth-order valence-electron chi connectivity index (χ4n) is 6.62. The van der Waals surface area contributed by atoms with E-state index in [2.05, 4.69) is 113 Å². The van der Waals surface area contributed by atoms with Crippen LogP contribution < -0.4 is 0 Å². The Hall–Kier alpha value is -5.87. The maximum absolute atomic E-state index is 5.16. The zero-order valence-electron chi connectivity index (χ0n) is 23.1. The molecule has 0 aliphatic carbocycles. The van der Waals surface area contributed by atoms with Gasteiger partial charge >= 0.3 is 0 Å². The zero-order valence-corrected chi connectivity index (χ0v) is 23.1. The predicted octanol–water partition coefficient (Wildman–Crippen LogP) is 9.76. The summed E-state index contributed by atoms with van der Waals surface area (Å²) < 4.78 is 2.18. The van der Waals surface area contributed by atoms with Gasteiger partial charge in [0, 0.05) is 11.6 Å². The first kappa shape index (κ1) is 23.8. The summed E-state index contributed by atoms with van der Waals surface area (Å²) in [6.07, 6.45) is 3.68. The molecule has 0 saturated carbocycles. The van der Waals surface area contributed by atoms with Crippen molar-refractivity contribution < 1.29 is 0 Å². The Kier molecular flexibility index (Phi) is 5.16. The maximum atomic E-state index is 5.16. The molecule has 3 heterocycles. The number of nitrogens with zero attached hydrogens (tertiary/aromatic N) is 4. The van der Waals surface area contributed by atoms with Crippen LogP contribution in [0.5, 0.6) is 0 Å². The molecular weight excluding hydrogens is 524 g/mol. The number of rotatable bonds is 3. The summed E-state index contributed by atoms with van der Waals surface area (Å²) in [7, 11) is 0. The third-order valence-corrected chi connectivity index (χ3v) is 8.44. The first-order valence-corrected chi connectivity index (χ1v) is 14.5. The molecule has 0 N–H and O–H groups in total. The highest BCUT2D eigenvalue weighted by atomic mass is 15.1. The summed E-state index contributed by atoms with van der Waals surface area (Å²) in [5.74, 6) is 0. The van der Waals surface area contributed by atoms with E-state index >= 15 is 0 Å². The number of pyridine rings is 1. The van der Waals surface area contributed by atoms with Gasteiger partial charge in [-0.15, -0.1) is 0 Å². The van der Waals surface area contributed by atoms with Crippen molar-refractivity contribution in [3.05, 3.63) is 146 Å². The van der Waals surface area contributed by atoms with E-state index < -0.39 is 0 Å². The van der Waals surface area contributed by atoms with E-state index in [0.29, 0.717) is 0 Å². The number of benzene rings is 6. The summed E-state index contributed by atoms with van der Waals surface area (Å²) in [4.78, 5) is 14.7. The molecule has 4 heteroatoms. The molecule has 3 aromatic heterocycles. The molecule has 0 spiro atoms. The molecular formula is C39H24N4. The molecule has 0 aliphatic rings. The van der Waals surface area contributed by atoms with E-state index in [1.165, 1.54) is 38.2 Å². The van der Waals surface area contributed by atoms with Crippen LogP contribution in [0.15, 0.2) is 146 Å². The lowest BCUT2D eigenvalue weighted by Crippen LogP contribution is -1.97. The lowest BCUT2D eigenvalue weighted by atomic mass is 9.86. The minimum atomic E-state index is 0.827. The fraction of sp³-hybridized carbons (Fsp3) is 0. The van der Waals surface area contributed by atoms with Gasteiger partial charge in [0.1, 0.15) is 5.52 Å². The molecule has 0 saturated heterocycles. The molecule has 0 atom stereocenters. The van der Waals surface area contributed by atoms with E-state index in [9.17, 15) is 0 Å². The van der Waals surface area contributed by atoms with Crippen molar-refractivity contribution in [2.24, 2.45) is 0 Å². The second-order valence-electron chi connectivity index (χ2n) is 10.9. The van der Waals surface area contributed by atoms with Gasteiger partial charge in [0.2, 0.25) is 0 Å². The van der Waals surface area contributed by atoms with Crippen LogP contribution in [0.4, 0.5) is 0 Å². The van der Waals surface area contributed by atoms with Crippen LogP contribution >= 0.6 is 0 Å². The number of aromatic nitrogens is 4. The Balaban J connectivity index is 1.41. The molecule has 9 aromatic rings. The van der Waals surface area contributed by atoms with Gasteiger partial charge in [-0.25, -0.2) is 9.97 Å². The Bertz CT molecular complexity index is 2440. The van der Waals surface area contributed by atoms with Gasteiger partial charge in [0.25, 0.3) is 0 Å². The van der Waals surface area contributed by atoms with Crippen molar-refractivity contribution in [1.82, 2.24) is 19.5 Å². The second kappa shape index (κ2) is 9.33. The van der Waals surface area contributed by atoms with Gasteiger partial charge in [0.05, 0.1) is 28.4 Å². The van der Waals surface area contributed by atoms with Crippen molar-refractivity contribution in [2.75, 3.05) is 0 Å². The largest absolute Gasteiger partial charge is 0.291 e. The second-order valence-corrected chi connectivity index (χ2v) is 10.9. The van der Waals surface area contributed by atoms with Crippen LogP contribution in [0.3, 0.4) is 0 Å². The highest BCUT2D eigenvalue weighted by Gasteiger charge is 2.20. The first-order valence-electron chi connectivity index (χ1n) is 14.5. The Labute approximate surface area is 247 Å². The van der Waals surface area contributed by atoms with Crippen molar-refractivity contribution in [1.29, 1.82) is 0 Å². The molecule has 0 fully saturated rings. The van der Waals surface area contributed by atoms with Crippen LogP contribution in [0.1, 0.15) is 0 Å². The SMILES string of the molecule is c1ccc(-c2c3ccccc3c(-c3ccc4c(c3)c3nc5ccccc5nc3n4-c3cccnc3)c3ccccc23)cc1. The van der Waals surface area contributed by atoms with Gasteiger partial charge < -0.3 is 0 Å². The van der Waals surface area contributed by atoms with Gasteiger partial charge in [-0.1, -0.05) is 97.1 Å². The molecule has 43 heavy (non-hydrogen) atoms. The van der Waals surface area contributed by atoms with Crippen LogP contribution in [-0.2, 0) is 0 Å². The Morgan fingerprint density at radius 3 is 1.72 bits per heavy atom. The monoisotopic (exact) mass is 548 g/mol. The number of hydrogen-bond donors (Lipinski definition) is 0. The normalized spacial score (nSPS) is 11.7. The highest BCUT2D eigenvalue weighted by molar-refractivity contribution is 6.22. The molecule has 0 bridgehead atoms. The van der Waals surface area contributed by atoms with E-state index in [1.54, 1.807) is 6.20 Å². The summed E-state index contributed by atoms with van der Waals surface area (Å²) in [5.41, 5.74) is 10.3. The first-order chi connectivity index (χ1) is 21.3. The van der Waals surface area contributed by atoms with Crippen LogP contribution in [0, 0.1) is 0 Å². The van der Waals surface area contributed by atoms with Crippen LogP contribution in [0.2, 0.25) is 0 Å². The summed E-state index contributed by atoms with van der Waals surface area (Å²) in [6.45, 7) is 0. The topological polar surface area (TPSA) is 43.6 Å².